The number of carbonyl (C=O) groups excluding carboxylic acids is 3. The Balaban J connectivity index is 2.20. The molecule has 6 nitrogen and oxygen atoms in total. The van der Waals surface area contributed by atoms with Crippen LogP contribution in [0, 0.1) is 23.2 Å². The molecule has 3 rings (SSSR count). The maximum Gasteiger partial charge on any atom is 0.350 e. The minimum absolute atomic E-state index is 0.105. The zero-order valence-electron chi connectivity index (χ0n) is 21.5. The standard InChI is InChI=1S/C27H38N2O4S/c1-19(30)29(22-18-20(13-16-26(2,3)4)34-23(22)25(32)33-6)27(14-9-7-10-15-27)21-12-8-11-17-28(5)24(21)31/h18,21H,7-12,14-15,17H2,1-6H3/t21-/m1/s1. The van der Waals surface area contributed by atoms with Gasteiger partial charge in [0.1, 0.15) is 4.88 Å². The molecule has 34 heavy (non-hydrogen) atoms. The summed E-state index contributed by atoms with van der Waals surface area (Å²) in [5, 5.41) is 0. The zero-order chi connectivity index (χ0) is 25.1. The topological polar surface area (TPSA) is 66.9 Å². The number of amides is 2. The molecule has 0 radical (unpaired) electrons. The summed E-state index contributed by atoms with van der Waals surface area (Å²) in [4.78, 5) is 44.5. The molecule has 1 aliphatic heterocycles. The van der Waals surface area contributed by atoms with Gasteiger partial charge in [0.15, 0.2) is 0 Å². The average molecular weight is 487 g/mol. The van der Waals surface area contributed by atoms with E-state index in [0.29, 0.717) is 15.4 Å². The van der Waals surface area contributed by atoms with E-state index in [-0.39, 0.29) is 23.1 Å². The molecule has 1 saturated heterocycles. The average Bonchev–Trinajstić information content (AvgIpc) is 3.11. The highest BCUT2D eigenvalue weighted by Crippen LogP contribution is 2.47. The van der Waals surface area contributed by atoms with Crippen LogP contribution in [-0.4, -0.2) is 48.9 Å². The molecular weight excluding hydrogens is 448 g/mol. The van der Waals surface area contributed by atoms with Crippen LogP contribution in [0.3, 0.4) is 0 Å². The Morgan fingerprint density at radius 3 is 2.44 bits per heavy atom. The predicted octanol–water partition coefficient (Wildman–Crippen LogP) is 5.25. The van der Waals surface area contributed by atoms with E-state index in [1.807, 2.05) is 38.8 Å². The van der Waals surface area contributed by atoms with E-state index >= 15 is 0 Å². The third kappa shape index (κ3) is 5.49. The summed E-state index contributed by atoms with van der Waals surface area (Å²) in [7, 11) is 3.21. The molecule has 2 heterocycles. The second-order valence-electron chi connectivity index (χ2n) is 10.6. The van der Waals surface area contributed by atoms with Crippen molar-refractivity contribution in [3.05, 3.63) is 15.8 Å². The predicted molar refractivity (Wildman–Crippen MR) is 136 cm³/mol. The lowest BCUT2D eigenvalue weighted by Crippen LogP contribution is -2.60. The molecule has 0 N–H and O–H groups in total. The van der Waals surface area contributed by atoms with E-state index < -0.39 is 11.5 Å². The van der Waals surface area contributed by atoms with Crippen LogP contribution in [0.4, 0.5) is 5.69 Å². The van der Waals surface area contributed by atoms with Crippen molar-refractivity contribution in [2.75, 3.05) is 25.6 Å². The lowest BCUT2D eigenvalue weighted by Gasteiger charge is -2.50. The van der Waals surface area contributed by atoms with Crippen molar-refractivity contribution >= 4 is 34.8 Å². The molecule has 186 valence electrons. The summed E-state index contributed by atoms with van der Waals surface area (Å²) in [6, 6.07) is 1.85. The first-order chi connectivity index (χ1) is 16.0. The quantitative estimate of drug-likeness (QED) is 0.431. The molecule has 2 aliphatic rings. The maximum absolute atomic E-state index is 13.6. The molecule has 0 unspecified atom stereocenters. The number of rotatable bonds is 4. The van der Waals surface area contributed by atoms with Gasteiger partial charge in [0.05, 0.1) is 29.1 Å². The van der Waals surface area contributed by atoms with Crippen LogP contribution in [-0.2, 0) is 14.3 Å². The third-order valence-corrected chi connectivity index (χ3v) is 7.94. The van der Waals surface area contributed by atoms with E-state index in [2.05, 4.69) is 11.8 Å². The largest absolute Gasteiger partial charge is 0.465 e. The lowest BCUT2D eigenvalue weighted by atomic mass is 9.69. The molecule has 0 aromatic carbocycles. The van der Waals surface area contributed by atoms with Gasteiger partial charge < -0.3 is 14.5 Å². The van der Waals surface area contributed by atoms with Crippen molar-refractivity contribution in [3.8, 4) is 11.8 Å². The van der Waals surface area contributed by atoms with Crippen LogP contribution in [0.15, 0.2) is 6.07 Å². The first-order valence-electron chi connectivity index (χ1n) is 12.3. The van der Waals surface area contributed by atoms with Crippen LogP contribution in [0.2, 0.25) is 0 Å². The summed E-state index contributed by atoms with van der Waals surface area (Å²) in [5.41, 5.74) is -0.319. The highest BCUT2D eigenvalue weighted by molar-refractivity contribution is 7.15. The smallest absolute Gasteiger partial charge is 0.350 e. The normalized spacial score (nSPS) is 20.7. The fourth-order valence-corrected chi connectivity index (χ4v) is 6.32. The molecule has 0 bridgehead atoms. The molecule has 1 saturated carbocycles. The van der Waals surface area contributed by atoms with E-state index in [4.69, 9.17) is 4.74 Å². The van der Waals surface area contributed by atoms with E-state index in [1.165, 1.54) is 18.4 Å². The number of esters is 1. The Labute approximate surface area is 208 Å². The van der Waals surface area contributed by atoms with Crippen LogP contribution in [0.5, 0.6) is 0 Å². The number of methoxy groups -OCH3 is 1. The van der Waals surface area contributed by atoms with Gasteiger partial charge in [-0.05, 0) is 52.5 Å². The molecule has 1 aromatic heterocycles. The van der Waals surface area contributed by atoms with Crippen LogP contribution >= 0.6 is 11.3 Å². The summed E-state index contributed by atoms with van der Waals surface area (Å²) in [6.07, 6.45) is 7.14. The van der Waals surface area contributed by atoms with Crippen LogP contribution in [0.1, 0.15) is 93.6 Å². The molecule has 1 aromatic rings. The third-order valence-electron chi connectivity index (χ3n) is 6.92. The Morgan fingerprint density at radius 2 is 1.85 bits per heavy atom. The monoisotopic (exact) mass is 486 g/mol. The number of ether oxygens (including phenoxy) is 1. The SMILES string of the molecule is COC(=O)c1sc(C#CC(C)(C)C)cc1N(C(C)=O)C1([C@@H]2CCCCN(C)C2=O)CCCCC1. The highest BCUT2D eigenvalue weighted by atomic mass is 32.1. The molecule has 1 aliphatic carbocycles. The summed E-state index contributed by atoms with van der Waals surface area (Å²) >= 11 is 1.26. The van der Waals surface area contributed by atoms with Gasteiger partial charge in [0.2, 0.25) is 11.8 Å². The second kappa shape index (κ2) is 10.5. The van der Waals surface area contributed by atoms with Crippen molar-refractivity contribution < 1.29 is 19.1 Å². The summed E-state index contributed by atoms with van der Waals surface area (Å²) < 4.78 is 5.10. The Morgan fingerprint density at radius 1 is 1.18 bits per heavy atom. The lowest BCUT2D eigenvalue weighted by molar-refractivity contribution is -0.137. The second-order valence-corrected chi connectivity index (χ2v) is 11.7. The van der Waals surface area contributed by atoms with Gasteiger partial charge in [0, 0.05) is 25.9 Å². The first kappa shape index (κ1) is 26.3. The number of nitrogens with zero attached hydrogens (tertiary/aromatic N) is 2. The van der Waals surface area contributed by atoms with Gasteiger partial charge in [-0.25, -0.2) is 4.79 Å². The number of carbonyl (C=O) groups is 3. The van der Waals surface area contributed by atoms with Gasteiger partial charge in [-0.1, -0.05) is 37.5 Å². The summed E-state index contributed by atoms with van der Waals surface area (Å²) in [5.74, 6) is 5.59. The van der Waals surface area contributed by atoms with Crippen molar-refractivity contribution in [2.45, 2.75) is 84.6 Å². The van der Waals surface area contributed by atoms with Gasteiger partial charge in [-0.3, -0.25) is 9.59 Å². The fraction of sp³-hybridized carbons (Fsp3) is 0.667. The van der Waals surface area contributed by atoms with E-state index in [9.17, 15) is 14.4 Å². The number of hydrogen-bond donors (Lipinski definition) is 0. The first-order valence-corrected chi connectivity index (χ1v) is 13.1. The van der Waals surface area contributed by atoms with Crippen LogP contribution < -0.4 is 4.90 Å². The Hall–Kier alpha value is -2.33. The number of thiophene rings is 1. The zero-order valence-corrected chi connectivity index (χ0v) is 22.3. The number of anilines is 1. The Bertz CT molecular complexity index is 988. The van der Waals surface area contributed by atoms with Gasteiger partial charge in [-0.15, -0.1) is 11.3 Å². The maximum atomic E-state index is 13.6. The van der Waals surface area contributed by atoms with Crippen LogP contribution in [0.25, 0.3) is 0 Å². The minimum atomic E-state index is -0.654. The van der Waals surface area contributed by atoms with Crippen molar-refractivity contribution in [3.63, 3.8) is 0 Å². The van der Waals surface area contributed by atoms with Crippen molar-refractivity contribution in [1.82, 2.24) is 4.90 Å². The Kier molecular flexibility index (Phi) is 8.13. The number of likely N-dealkylation sites (tertiary alicyclic amines) is 1. The van der Waals surface area contributed by atoms with E-state index in [0.717, 1.165) is 57.9 Å². The van der Waals surface area contributed by atoms with Crippen molar-refractivity contribution in [1.29, 1.82) is 0 Å². The summed E-state index contributed by atoms with van der Waals surface area (Å²) in [6.45, 7) is 8.37. The van der Waals surface area contributed by atoms with Gasteiger partial charge in [0.25, 0.3) is 0 Å². The molecule has 7 heteroatoms. The van der Waals surface area contributed by atoms with Crippen molar-refractivity contribution in [2.24, 2.45) is 11.3 Å². The molecule has 2 fully saturated rings. The van der Waals surface area contributed by atoms with Gasteiger partial charge >= 0.3 is 5.97 Å². The molecular formula is C27H38N2O4S. The molecule has 0 spiro atoms. The van der Waals surface area contributed by atoms with Gasteiger partial charge in [-0.2, -0.15) is 0 Å². The minimum Gasteiger partial charge on any atom is -0.465 e. The fourth-order valence-electron chi connectivity index (χ4n) is 5.41. The van der Waals surface area contributed by atoms with E-state index in [1.54, 1.807) is 11.8 Å². The number of hydrogen-bond acceptors (Lipinski definition) is 5. The molecule has 2 amide bonds. The highest BCUT2D eigenvalue weighted by Gasteiger charge is 2.51. The molecule has 1 atom stereocenters.